The number of furan rings is 1. The molecule has 7 heteroatoms. The molecule has 0 spiro atoms. The zero-order chi connectivity index (χ0) is 24.9. The second kappa shape index (κ2) is 8.64. The molecular formula is C28H22ClNO5. The molecule has 0 radical (unpaired) electrons. The van der Waals surface area contributed by atoms with Gasteiger partial charge in [0.25, 0.3) is 5.91 Å². The number of carbonyl (C=O) groups excluding carboxylic acids is 2. The van der Waals surface area contributed by atoms with E-state index in [4.69, 9.17) is 20.8 Å². The first-order valence-corrected chi connectivity index (χ1v) is 11.4. The summed E-state index contributed by atoms with van der Waals surface area (Å²) < 4.78 is 11.2. The Hall–Kier alpha value is -4.03. The van der Waals surface area contributed by atoms with Gasteiger partial charge in [0.2, 0.25) is 5.78 Å². The van der Waals surface area contributed by atoms with Crippen LogP contribution in [0.5, 0.6) is 5.75 Å². The number of Topliss-reactive ketones (excluding diaryl/α,β-unsaturated/α-hetero) is 1. The lowest BCUT2D eigenvalue weighted by Gasteiger charge is -2.28. The Labute approximate surface area is 207 Å². The normalized spacial score (nSPS) is 15.8. The lowest BCUT2D eigenvalue weighted by Crippen LogP contribution is -2.31. The van der Waals surface area contributed by atoms with Crippen molar-refractivity contribution < 1.29 is 23.8 Å². The van der Waals surface area contributed by atoms with E-state index in [9.17, 15) is 14.7 Å². The fourth-order valence-electron chi connectivity index (χ4n) is 4.47. The van der Waals surface area contributed by atoms with Gasteiger partial charge in [0, 0.05) is 16.1 Å². The van der Waals surface area contributed by atoms with Crippen molar-refractivity contribution in [3.63, 3.8) is 0 Å². The molecule has 0 aliphatic carbocycles. The van der Waals surface area contributed by atoms with Gasteiger partial charge in [-0.2, -0.15) is 0 Å². The van der Waals surface area contributed by atoms with Crippen LogP contribution >= 0.6 is 11.6 Å². The number of ether oxygens (including phenoxy) is 1. The second-order valence-electron chi connectivity index (χ2n) is 8.46. The Balaban J connectivity index is 1.70. The number of aliphatic hydroxyl groups excluding tert-OH is 1. The predicted octanol–water partition coefficient (Wildman–Crippen LogP) is 6.49. The van der Waals surface area contributed by atoms with Gasteiger partial charge in [-0.1, -0.05) is 35.9 Å². The Bertz CT molecular complexity index is 1530. The number of rotatable bonds is 5. The minimum Gasteiger partial charge on any atom is -0.503 e. The number of halogens is 1. The maximum Gasteiger partial charge on any atom is 0.294 e. The summed E-state index contributed by atoms with van der Waals surface area (Å²) in [6.45, 7) is 3.85. The predicted molar refractivity (Wildman–Crippen MR) is 134 cm³/mol. The molecule has 4 aromatic rings. The summed E-state index contributed by atoms with van der Waals surface area (Å²) in [5.74, 6) is -1.28. The number of anilines is 1. The van der Waals surface area contributed by atoms with Gasteiger partial charge in [-0.15, -0.1) is 0 Å². The molecule has 0 saturated carbocycles. The van der Waals surface area contributed by atoms with Crippen LogP contribution in [-0.4, -0.2) is 23.9 Å². The molecule has 1 aliphatic rings. The van der Waals surface area contributed by atoms with Crippen LogP contribution in [0.25, 0.3) is 11.0 Å². The smallest absolute Gasteiger partial charge is 0.294 e. The van der Waals surface area contributed by atoms with Gasteiger partial charge in [0.1, 0.15) is 11.3 Å². The number of amides is 1. The fraction of sp³-hybridized carbons (Fsp3) is 0.143. The SMILES string of the molecule is COc1cccc(C2C(C(=O)c3cc4cc(Cl)ccc4o3)=C(O)C(=O)N2c2cccc(C)c2C)c1. The first-order valence-electron chi connectivity index (χ1n) is 11.0. The number of aliphatic hydroxyl groups is 1. The highest BCUT2D eigenvalue weighted by molar-refractivity contribution is 6.31. The Morgan fingerprint density at radius 1 is 1.06 bits per heavy atom. The van der Waals surface area contributed by atoms with E-state index in [1.807, 2.05) is 26.0 Å². The van der Waals surface area contributed by atoms with Crippen LogP contribution in [0.3, 0.4) is 0 Å². The Morgan fingerprint density at radius 2 is 1.83 bits per heavy atom. The molecule has 1 aliphatic heterocycles. The van der Waals surface area contributed by atoms with Crippen LogP contribution < -0.4 is 9.64 Å². The van der Waals surface area contributed by atoms with E-state index in [1.54, 1.807) is 61.7 Å². The van der Waals surface area contributed by atoms with Crippen LogP contribution in [0, 0.1) is 13.8 Å². The standard InChI is InChI=1S/C28H22ClNO5/c1-15-6-4-9-21(16(15)2)30-25(17-7-5-8-20(13-17)34-3)24(27(32)28(30)33)26(31)23-14-18-12-19(29)10-11-22(18)35-23/h4-14,25,32H,1-3H3. The van der Waals surface area contributed by atoms with Crippen molar-refractivity contribution in [3.05, 3.63) is 106 Å². The van der Waals surface area contributed by atoms with Gasteiger partial charge in [0.05, 0.1) is 18.7 Å². The third-order valence-corrected chi connectivity index (χ3v) is 6.64. The number of hydrogen-bond donors (Lipinski definition) is 1. The molecule has 1 amide bonds. The molecule has 5 rings (SSSR count). The number of benzene rings is 3. The zero-order valence-corrected chi connectivity index (χ0v) is 20.1. The number of fused-ring (bicyclic) bond motifs is 1. The highest BCUT2D eigenvalue weighted by Crippen LogP contribution is 2.44. The summed E-state index contributed by atoms with van der Waals surface area (Å²) in [5.41, 5.74) is 3.49. The average Bonchev–Trinajstić information content (AvgIpc) is 3.39. The van der Waals surface area contributed by atoms with Crippen LogP contribution in [0.4, 0.5) is 5.69 Å². The van der Waals surface area contributed by atoms with Crippen LogP contribution in [0.1, 0.15) is 33.3 Å². The van der Waals surface area contributed by atoms with E-state index in [-0.39, 0.29) is 11.3 Å². The molecule has 1 unspecified atom stereocenters. The van der Waals surface area contributed by atoms with E-state index >= 15 is 0 Å². The number of aryl methyl sites for hydroxylation is 1. The van der Waals surface area contributed by atoms with Gasteiger partial charge in [-0.05, 0) is 73.0 Å². The maximum absolute atomic E-state index is 13.8. The number of methoxy groups -OCH3 is 1. The lowest BCUT2D eigenvalue weighted by atomic mass is 9.94. The first kappa shape index (κ1) is 22.7. The highest BCUT2D eigenvalue weighted by Gasteiger charge is 2.46. The van der Waals surface area contributed by atoms with E-state index in [0.29, 0.717) is 33.0 Å². The molecule has 0 saturated heterocycles. The van der Waals surface area contributed by atoms with Crippen LogP contribution in [-0.2, 0) is 4.79 Å². The van der Waals surface area contributed by atoms with Crippen molar-refractivity contribution in [1.82, 2.24) is 0 Å². The van der Waals surface area contributed by atoms with Crippen molar-refractivity contribution in [2.75, 3.05) is 12.0 Å². The summed E-state index contributed by atoms with van der Waals surface area (Å²) in [4.78, 5) is 28.7. The minimum atomic E-state index is -0.887. The molecule has 176 valence electrons. The number of nitrogens with zero attached hydrogens (tertiary/aromatic N) is 1. The number of hydrogen-bond acceptors (Lipinski definition) is 5. The first-order chi connectivity index (χ1) is 16.8. The number of ketones is 1. The molecule has 35 heavy (non-hydrogen) atoms. The minimum absolute atomic E-state index is 0.00678. The maximum atomic E-state index is 13.8. The second-order valence-corrected chi connectivity index (χ2v) is 8.89. The summed E-state index contributed by atoms with van der Waals surface area (Å²) >= 11 is 6.08. The van der Waals surface area contributed by atoms with Crippen molar-refractivity contribution in [3.8, 4) is 5.75 Å². The molecule has 0 bridgehead atoms. The largest absolute Gasteiger partial charge is 0.503 e. The van der Waals surface area contributed by atoms with Crippen molar-refractivity contribution in [2.24, 2.45) is 0 Å². The highest BCUT2D eigenvalue weighted by atomic mass is 35.5. The van der Waals surface area contributed by atoms with E-state index in [0.717, 1.165) is 11.1 Å². The van der Waals surface area contributed by atoms with Gasteiger partial charge in [0.15, 0.2) is 11.5 Å². The Kier molecular flexibility index (Phi) is 5.61. The molecule has 3 aromatic carbocycles. The monoisotopic (exact) mass is 487 g/mol. The fourth-order valence-corrected chi connectivity index (χ4v) is 4.65. The summed E-state index contributed by atoms with van der Waals surface area (Å²) in [5, 5.41) is 12.2. The van der Waals surface area contributed by atoms with E-state index in [2.05, 4.69) is 0 Å². The van der Waals surface area contributed by atoms with Crippen molar-refractivity contribution in [2.45, 2.75) is 19.9 Å². The quantitative estimate of drug-likeness (QED) is 0.325. The molecule has 1 atom stereocenters. The van der Waals surface area contributed by atoms with Crippen LogP contribution in [0.15, 0.2) is 82.5 Å². The van der Waals surface area contributed by atoms with Gasteiger partial charge >= 0.3 is 0 Å². The molecule has 6 nitrogen and oxygen atoms in total. The molecule has 0 fully saturated rings. The zero-order valence-electron chi connectivity index (χ0n) is 19.3. The molecule has 1 N–H and O–H groups in total. The topological polar surface area (TPSA) is 80.0 Å². The Morgan fingerprint density at radius 3 is 2.60 bits per heavy atom. The third kappa shape index (κ3) is 3.76. The van der Waals surface area contributed by atoms with Crippen molar-refractivity contribution >= 4 is 39.9 Å². The van der Waals surface area contributed by atoms with Crippen LogP contribution in [0.2, 0.25) is 5.02 Å². The molecule has 2 heterocycles. The summed E-state index contributed by atoms with van der Waals surface area (Å²) in [6.07, 6.45) is 0. The van der Waals surface area contributed by atoms with Gasteiger partial charge < -0.3 is 14.3 Å². The van der Waals surface area contributed by atoms with E-state index < -0.39 is 23.5 Å². The van der Waals surface area contributed by atoms with Crippen molar-refractivity contribution in [1.29, 1.82) is 0 Å². The van der Waals surface area contributed by atoms with Gasteiger partial charge in [-0.3, -0.25) is 14.5 Å². The summed E-state index contributed by atoms with van der Waals surface area (Å²) in [7, 11) is 1.54. The third-order valence-electron chi connectivity index (χ3n) is 6.40. The van der Waals surface area contributed by atoms with E-state index in [1.165, 1.54) is 4.90 Å². The summed E-state index contributed by atoms with van der Waals surface area (Å²) in [6, 6.07) is 18.4. The number of carbonyl (C=O) groups is 2. The molecular weight excluding hydrogens is 466 g/mol. The molecule has 1 aromatic heterocycles. The lowest BCUT2D eigenvalue weighted by molar-refractivity contribution is -0.117. The van der Waals surface area contributed by atoms with Gasteiger partial charge in [-0.25, -0.2) is 0 Å². The average molecular weight is 488 g/mol.